The van der Waals surface area contributed by atoms with E-state index in [1.54, 1.807) is 7.11 Å². The van der Waals surface area contributed by atoms with Gasteiger partial charge in [-0.05, 0) is 27.2 Å². The summed E-state index contributed by atoms with van der Waals surface area (Å²) < 4.78 is 5.47. The minimum Gasteiger partial charge on any atom is -0.496 e. The first-order valence-electron chi connectivity index (χ1n) is 9.70. The Morgan fingerprint density at radius 3 is 2.75 bits per heavy atom. The monoisotopic (exact) mass is 503 g/mol. The summed E-state index contributed by atoms with van der Waals surface area (Å²) in [6, 6.07) is 0.215. The number of hydrogen-bond acceptors (Lipinski definition) is 4. The molecule has 28 heavy (non-hydrogen) atoms. The fraction of sp³-hybridized carbons (Fsp3) is 0.650. The second kappa shape index (κ2) is 11.4. The van der Waals surface area contributed by atoms with Crippen LogP contribution in [0.5, 0.6) is 5.75 Å². The highest BCUT2D eigenvalue weighted by Gasteiger charge is 2.28. The number of guanidine groups is 1. The van der Waals surface area contributed by atoms with Crippen LogP contribution >= 0.6 is 24.0 Å². The number of nitrogens with zero attached hydrogens (tertiary/aromatic N) is 3. The minimum atomic E-state index is 0. The summed E-state index contributed by atoms with van der Waals surface area (Å²) in [6.45, 7) is 12.7. The molecule has 2 rings (SSSR count). The number of pyridine rings is 1. The lowest BCUT2D eigenvalue weighted by molar-refractivity contribution is -0.133. The number of methoxy groups -OCH3 is 1. The Hall–Kier alpha value is -1.58. The molecule has 1 aliphatic rings. The summed E-state index contributed by atoms with van der Waals surface area (Å²) in [5.74, 6) is 1.87. The van der Waals surface area contributed by atoms with Gasteiger partial charge in [0, 0.05) is 48.9 Å². The number of halogens is 1. The third kappa shape index (κ3) is 6.22. The van der Waals surface area contributed by atoms with Crippen LogP contribution in [0.2, 0.25) is 0 Å². The van der Waals surface area contributed by atoms with Crippen molar-refractivity contribution in [2.24, 2.45) is 10.9 Å². The van der Waals surface area contributed by atoms with Crippen LogP contribution in [0.1, 0.15) is 44.0 Å². The number of carbonyl (C=O) groups is 1. The number of nitrogens with one attached hydrogen (secondary N) is 2. The highest BCUT2D eigenvalue weighted by atomic mass is 127. The van der Waals surface area contributed by atoms with E-state index in [9.17, 15) is 4.79 Å². The van der Waals surface area contributed by atoms with Gasteiger partial charge >= 0.3 is 0 Å². The maximum atomic E-state index is 12.2. The van der Waals surface area contributed by atoms with Crippen molar-refractivity contribution in [2.75, 3.05) is 26.7 Å². The van der Waals surface area contributed by atoms with Gasteiger partial charge in [-0.1, -0.05) is 13.8 Å². The molecule has 0 bridgehead atoms. The molecule has 1 amide bonds. The van der Waals surface area contributed by atoms with E-state index in [-0.39, 0.29) is 41.8 Å². The number of aliphatic imine (C=N–C) groups is 1. The van der Waals surface area contributed by atoms with Gasteiger partial charge < -0.3 is 20.3 Å². The Kier molecular flexibility index (Phi) is 9.98. The van der Waals surface area contributed by atoms with Gasteiger partial charge in [0.2, 0.25) is 5.91 Å². The molecule has 7 nitrogen and oxygen atoms in total. The van der Waals surface area contributed by atoms with Gasteiger partial charge in [-0.3, -0.25) is 9.78 Å². The van der Waals surface area contributed by atoms with Crippen molar-refractivity contribution < 1.29 is 9.53 Å². The first kappa shape index (κ1) is 24.5. The zero-order chi connectivity index (χ0) is 20.0. The number of ether oxygens (including phenoxy) is 1. The highest BCUT2D eigenvalue weighted by molar-refractivity contribution is 14.0. The first-order chi connectivity index (χ1) is 12.9. The van der Waals surface area contributed by atoms with Crippen LogP contribution in [0, 0.1) is 19.8 Å². The van der Waals surface area contributed by atoms with Crippen LogP contribution in [0.4, 0.5) is 0 Å². The fourth-order valence-electron chi connectivity index (χ4n) is 3.34. The molecule has 1 fully saturated rings. The molecule has 1 aromatic rings. The molecule has 1 aromatic heterocycles. The van der Waals surface area contributed by atoms with E-state index < -0.39 is 0 Å². The van der Waals surface area contributed by atoms with Crippen molar-refractivity contribution >= 4 is 35.8 Å². The predicted molar refractivity (Wildman–Crippen MR) is 123 cm³/mol. The minimum absolute atomic E-state index is 0. The Balaban J connectivity index is 0.00000392. The number of likely N-dealkylation sites (tertiary alicyclic amines) is 1. The second-order valence-corrected chi connectivity index (χ2v) is 7.31. The summed E-state index contributed by atoms with van der Waals surface area (Å²) in [6.07, 6.45) is 2.75. The molecule has 2 heterocycles. The second-order valence-electron chi connectivity index (χ2n) is 7.31. The molecular formula is C20H34IN5O2. The van der Waals surface area contributed by atoms with Crippen molar-refractivity contribution in [1.82, 2.24) is 20.5 Å². The molecule has 1 saturated heterocycles. The SMILES string of the molecule is CCNC(=NCc1ncc(C)c(OC)c1C)NC1CCN(C(=O)C(C)C)C1.I. The smallest absolute Gasteiger partial charge is 0.225 e. The van der Waals surface area contributed by atoms with E-state index in [2.05, 4.69) is 15.6 Å². The molecule has 0 spiro atoms. The average molecular weight is 503 g/mol. The maximum absolute atomic E-state index is 12.2. The third-order valence-corrected chi connectivity index (χ3v) is 4.82. The summed E-state index contributed by atoms with van der Waals surface area (Å²) in [4.78, 5) is 23.3. The van der Waals surface area contributed by atoms with E-state index in [4.69, 9.17) is 9.73 Å². The van der Waals surface area contributed by atoms with Gasteiger partial charge in [-0.15, -0.1) is 24.0 Å². The molecule has 8 heteroatoms. The van der Waals surface area contributed by atoms with E-state index >= 15 is 0 Å². The standard InChI is InChI=1S/C20H33N5O2.HI/c1-7-21-20(24-16-8-9-25(12-16)19(26)13(2)3)23-11-17-15(5)18(27-6)14(4)10-22-17;/h10,13,16H,7-9,11-12H2,1-6H3,(H2,21,23,24);1H. The Bertz CT molecular complexity index is 693. The third-order valence-electron chi connectivity index (χ3n) is 4.82. The number of amides is 1. The molecule has 0 saturated carbocycles. The van der Waals surface area contributed by atoms with Crippen LogP contribution in [0.15, 0.2) is 11.2 Å². The molecule has 158 valence electrons. The van der Waals surface area contributed by atoms with Crippen molar-refractivity contribution in [3.63, 3.8) is 0 Å². The molecule has 1 unspecified atom stereocenters. The van der Waals surface area contributed by atoms with Crippen molar-refractivity contribution in [1.29, 1.82) is 0 Å². The van der Waals surface area contributed by atoms with Gasteiger partial charge in [0.05, 0.1) is 19.3 Å². The summed E-state index contributed by atoms with van der Waals surface area (Å²) in [5.41, 5.74) is 2.94. The van der Waals surface area contributed by atoms with E-state index in [1.165, 1.54) is 0 Å². The largest absolute Gasteiger partial charge is 0.496 e. The van der Waals surface area contributed by atoms with Crippen LogP contribution in [0.25, 0.3) is 0 Å². The molecular weight excluding hydrogens is 469 g/mol. The Morgan fingerprint density at radius 2 is 2.14 bits per heavy atom. The van der Waals surface area contributed by atoms with Gasteiger partial charge in [0.15, 0.2) is 5.96 Å². The van der Waals surface area contributed by atoms with Crippen LogP contribution < -0.4 is 15.4 Å². The normalized spacial score (nSPS) is 16.8. The van der Waals surface area contributed by atoms with Crippen molar-refractivity contribution in [3.8, 4) is 5.75 Å². The van der Waals surface area contributed by atoms with Crippen LogP contribution in [-0.4, -0.2) is 54.5 Å². The number of aryl methyl sites for hydroxylation is 1. The quantitative estimate of drug-likeness (QED) is 0.355. The maximum Gasteiger partial charge on any atom is 0.225 e. The van der Waals surface area contributed by atoms with Gasteiger partial charge in [-0.2, -0.15) is 0 Å². The zero-order valence-corrected chi connectivity index (χ0v) is 20.2. The van der Waals surface area contributed by atoms with Gasteiger partial charge in [0.25, 0.3) is 0 Å². The highest BCUT2D eigenvalue weighted by Crippen LogP contribution is 2.24. The number of carbonyl (C=O) groups excluding carboxylic acids is 1. The predicted octanol–water partition coefficient (Wildman–Crippen LogP) is 2.64. The number of hydrogen-bond donors (Lipinski definition) is 2. The Labute approximate surface area is 185 Å². The molecule has 0 aliphatic carbocycles. The van der Waals surface area contributed by atoms with Crippen molar-refractivity contribution in [2.45, 2.75) is 53.6 Å². The zero-order valence-electron chi connectivity index (χ0n) is 17.8. The van der Waals surface area contributed by atoms with Gasteiger partial charge in [-0.25, -0.2) is 4.99 Å². The number of rotatable bonds is 6. The topological polar surface area (TPSA) is 78.9 Å². The fourth-order valence-corrected chi connectivity index (χ4v) is 3.34. The van der Waals surface area contributed by atoms with E-state index in [0.29, 0.717) is 6.54 Å². The summed E-state index contributed by atoms with van der Waals surface area (Å²) >= 11 is 0. The molecule has 0 aromatic carbocycles. The number of aromatic nitrogens is 1. The lowest BCUT2D eigenvalue weighted by Crippen LogP contribution is -2.45. The van der Waals surface area contributed by atoms with Crippen LogP contribution in [-0.2, 0) is 11.3 Å². The van der Waals surface area contributed by atoms with Gasteiger partial charge in [0.1, 0.15) is 5.75 Å². The Morgan fingerprint density at radius 1 is 1.43 bits per heavy atom. The lowest BCUT2D eigenvalue weighted by Gasteiger charge is -2.20. The molecule has 1 atom stereocenters. The van der Waals surface area contributed by atoms with Crippen LogP contribution in [0.3, 0.4) is 0 Å². The molecule has 1 aliphatic heterocycles. The summed E-state index contributed by atoms with van der Waals surface area (Å²) in [5, 5.41) is 6.74. The van der Waals surface area contributed by atoms with Crippen molar-refractivity contribution in [3.05, 3.63) is 23.0 Å². The molecule has 0 radical (unpaired) electrons. The summed E-state index contributed by atoms with van der Waals surface area (Å²) in [7, 11) is 1.68. The van der Waals surface area contributed by atoms with E-state index in [0.717, 1.165) is 54.6 Å². The first-order valence-corrected chi connectivity index (χ1v) is 9.70. The average Bonchev–Trinajstić information content (AvgIpc) is 3.09. The lowest BCUT2D eigenvalue weighted by atomic mass is 10.1. The molecule has 2 N–H and O–H groups in total. The van der Waals surface area contributed by atoms with E-state index in [1.807, 2.05) is 45.7 Å².